The minimum absolute atomic E-state index is 0.0272. The summed E-state index contributed by atoms with van der Waals surface area (Å²) in [4.78, 5) is 11.8. The number of rotatable bonds is 8. The number of ether oxygens (including phenoxy) is 1. The van der Waals surface area contributed by atoms with Crippen molar-refractivity contribution in [2.24, 2.45) is 7.05 Å². The second-order valence-electron chi connectivity index (χ2n) is 4.98. The van der Waals surface area contributed by atoms with Crippen LogP contribution in [0.4, 0.5) is 5.69 Å². The predicted octanol–water partition coefficient (Wildman–Crippen LogP) is 1.64. The van der Waals surface area contributed by atoms with E-state index in [1.54, 1.807) is 31.6 Å². The Morgan fingerprint density at radius 2 is 2.22 bits per heavy atom. The van der Waals surface area contributed by atoms with Crippen molar-refractivity contribution < 1.29 is 9.53 Å². The van der Waals surface area contributed by atoms with E-state index in [0.717, 1.165) is 11.5 Å². The average Bonchev–Trinajstić information content (AvgIpc) is 2.93. The van der Waals surface area contributed by atoms with Crippen LogP contribution in [0.5, 0.6) is 5.75 Å². The smallest absolute Gasteiger partial charge is 0.221 e. The molecule has 0 atom stereocenters. The fourth-order valence-corrected chi connectivity index (χ4v) is 2.24. The summed E-state index contributed by atoms with van der Waals surface area (Å²) >= 11 is 5.96. The zero-order valence-corrected chi connectivity index (χ0v) is 13.9. The first-order valence-corrected chi connectivity index (χ1v) is 7.65. The van der Waals surface area contributed by atoms with Crippen LogP contribution in [0.1, 0.15) is 12.2 Å². The number of nitrogens with one attached hydrogen (secondary N) is 2. The minimum atomic E-state index is -0.0272. The summed E-state index contributed by atoms with van der Waals surface area (Å²) in [7, 11) is 3.47. The fourth-order valence-electron chi connectivity index (χ4n) is 2.06. The number of anilines is 1. The summed E-state index contributed by atoms with van der Waals surface area (Å²) in [5, 5.41) is 14.4. The van der Waals surface area contributed by atoms with Crippen molar-refractivity contribution in [3.63, 3.8) is 0 Å². The zero-order chi connectivity index (χ0) is 16.7. The Labute approximate surface area is 140 Å². The van der Waals surface area contributed by atoms with Crippen LogP contribution in [0.25, 0.3) is 0 Å². The summed E-state index contributed by atoms with van der Waals surface area (Å²) < 4.78 is 7.07. The summed E-state index contributed by atoms with van der Waals surface area (Å²) in [5.41, 5.74) is 0.770. The fraction of sp³-hybridized carbons (Fsp3) is 0.400. The number of nitrogens with zero attached hydrogens (tertiary/aromatic N) is 3. The van der Waals surface area contributed by atoms with Gasteiger partial charge in [0.2, 0.25) is 5.91 Å². The molecule has 2 rings (SSSR count). The number of benzene rings is 1. The third kappa shape index (κ3) is 5.14. The lowest BCUT2D eigenvalue weighted by Crippen LogP contribution is -2.28. The first-order valence-electron chi connectivity index (χ1n) is 7.27. The van der Waals surface area contributed by atoms with Crippen LogP contribution in [-0.4, -0.2) is 40.9 Å². The Bertz CT molecular complexity index is 659. The third-order valence-electron chi connectivity index (χ3n) is 3.30. The molecule has 0 spiro atoms. The average molecular weight is 338 g/mol. The number of hydrogen-bond acceptors (Lipinski definition) is 5. The standard InChI is InChI=1S/C15H20ClN5O2/c1-21-10-19-20-14(21)5-7-18-15(22)6-8-17-12-9-11(16)3-4-13(12)23-2/h3-4,9-10,17H,5-8H2,1-2H3,(H,18,22). The van der Waals surface area contributed by atoms with Gasteiger partial charge in [0.05, 0.1) is 12.8 Å². The van der Waals surface area contributed by atoms with E-state index in [9.17, 15) is 4.79 Å². The molecule has 0 saturated heterocycles. The van der Waals surface area contributed by atoms with Crippen molar-refractivity contribution in [2.75, 3.05) is 25.5 Å². The number of carbonyl (C=O) groups is 1. The largest absolute Gasteiger partial charge is 0.495 e. The van der Waals surface area contributed by atoms with Gasteiger partial charge in [-0.1, -0.05) is 11.6 Å². The number of amides is 1. The summed E-state index contributed by atoms with van der Waals surface area (Å²) in [6.45, 7) is 1.03. The lowest BCUT2D eigenvalue weighted by Gasteiger charge is -2.11. The molecule has 0 aliphatic heterocycles. The number of halogens is 1. The minimum Gasteiger partial charge on any atom is -0.495 e. The second-order valence-corrected chi connectivity index (χ2v) is 5.42. The first kappa shape index (κ1) is 17.1. The van der Waals surface area contributed by atoms with Gasteiger partial charge in [-0.25, -0.2) is 0 Å². The van der Waals surface area contributed by atoms with Crippen molar-refractivity contribution in [1.82, 2.24) is 20.1 Å². The molecule has 0 aliphatic rings. The summed E-state index contributed by atoms with van der Waals surface area (Å²) in [6.07, 6.45) is 2.64. The molecule has 1 amide bonds. The molecule has 0 saturated carbocycles. The van der Waals surface area contributed by atoms with Crippen molar-refractivity contribution in [3.05, 3.63) is 35.4 Å². The molecular formula is C15H20ClN5O2. The van der Waals surface area contributed by atoms with Crippen molar-refractivity contribution >= 4 is 23.2 Å². The molecule has 8 heteroatoms. The highest BCUT2D eigenvalue weighted by Crippen LogP contribution is 2.27. The molecule has 1 aromatic carbocycles. The maximum atomic E-state index is 11.8. The normalized spacial score (nSPS) is 10.4. The quantitative estimate of drug-likeness (QED) is 0.765. The highest BCUT2D eigenvalue weighted by atomic mass is 35.5. The highest BCUT2D eigenvalue weighted by Gasteiger charge is 2.06. The Kier molecular flexibility index (Phi) is 6.22. The van der Waals surface area contributed by atoms with Crippen LogP contribution < -0.4 is 15.4 Å². The lowest BCUT2D eigenvalue weighted by molar-refractivity contribution is -0.120. The number of aryl methyl sites for hydroxylation is 1. The molecule has 0 aliphatic carbocycles. The highest BCUT2D eigenvalue weighted by molar-refractivity contribution is 6.30. The van der Waals surface area contributed by atoms with E-state index in [2.05, 4.69) is 20.8 Å². The Hall–Kier alpha value is -2.28. The van der Waals surface area contributed by atoms with E-state index >= 15 is 0 Å². The molecule has 0 fully saturated rings. The monoisotopic (exact) mass is 337 g/mol. The van der Waals surface area contributed by atoms with E-state index in [0.29, 0.717) is 36.7 Å². The number of aromatic nitrogens is 3. The van der Waals surface area contributed by atoms with E-state index in [-0.39, 0.29) is 5.91 Å². The first-order chi connectivity index (χ1) is 11.1. The van der Waals surface area contributed by atoms with Crippen LogP contribution in [0, 0.1) is 0 Å². The number of methoxy groups -OCH3 is 1. The molecule has 2 aromatic rings. The Morgan fingerprint density at radius 1 is 1.39 bits per heavy atom. The maximum Gasteiger partial charge on any atom is 0.221 e. The molecule has 124 valence electrons. The van der Waals surface area contributed by atoms with Crippen LogP contribution in [0.3, 0.4) is 0 Å². The lowest BCUT2D eigenvalue weighted by atomic mass is 10.2. The molecule has 1 heterocycles. The molecule has 23 heavy (non-hydrogen) atoms. The van der Waals surface area contributed by atoms with Gasteiger partial charge in [0, 0.05) is 38.0 Å². The second kappa shape index (κ2) is 8.38. The van der Waals surface area contributed by atoms with Crippen LogP contribution in [-0.2, 0) is 18.3 Å². The van der Waals surface area contributed by atoms with Crippen molar-refractivity contribution in [1.29, 1.82) is 0 Å². The topological polar surface area (TPSA) is 81.1 Å². The molecule has 2 N–H and O–H groups in total. The maximum absolute atomic E-state index is 11.8. The van der Waals surface area contributed by atoms with E-state index < -0.39 is 0 Å². The van der Waals surface area contributed by atoms with Gasteiger partial charge in [0.25, 0.3) is 0 Å². The Balaban J connectivity index is 1.70. The molecular weight excluding hydrogens is 318 g/mol. The number of carbonyl (C=O) groups excluding carboxylic acids is 1. The summed E-state index contributed by atoms with van der Waals surface area (Å²) in [5.74, 6) is 1.50. The van der Waals surface area contributed by atoms with E-state index in [1.807, 2.05) is 11.6 Å². The van der Waals surface area contributed by atoms with Gasteiger partial charge in [0.15, 0.2) is 0 Å². The molecule has 1 aromatic heterocycles. The third-order valence-corrected chi connectivity index (χ3v) is 3.54. The molecule has 0 bridgehead atoms. The molecule has 7 nitrogen and oxygen atoms in total. The van der Waals surface area contributed by atoms with Gasteiger partial charge in [0.1, 0.15) is 17.9 Å². The SMILES string of the molecule is COc1ccc(Cl)cc1NCCC(=O)NCCc1nncn1C. The van der Waals surface area contributed by atoms with Gasteiger partial charge in [-0.15, -0.1) is 10.2 Å². The van der Waals surface area contributed by atoms with Gasteiger partial charge >= 0.3 is 0 Å². The van der Waals surface area contributed by atoms with Gasteiger partial charge in [-0.3, -0.25) is 4.79 Å². The van der Waals surface area contributed by atoms with Crippen LogP contribution in [0.2, 0.25) is 5.02 Å². The van der Waals surface area contributed by atoms with E-state index in [4.69, 9.17) is 16.3 Å². The molecule has 0 radical (unpaired) electrons. The molecule has 0 unspecified atom stereocenters. The van der Waals surface area contributed by atoms with Crippen LogP contribution >= 0.6 is 11.6 Å². The van der Waals surface area contributed by atoms with Crippen molar-refractivity contribution in [2.45, 2.75) is 12.8 Å². The van der Waals surface area contributed by atoms with Crippen molar-refractivity contribution in [3.8, 4) is 5.75 Å². The summed E-state index contributed by atoms with van der Waals surface area (Å²) in [6, 6.07) is 5.31. The van der Waals surface area contributed by atoms with Crippen LogP contribution in [0.15, 0.2) is 24.5 Å². The van der Waals surface area contributed by atoms with Gasteiger partial charge in [-0.05, 0) is 18.2 Å². The number of hydrogen-bond donors (Lipinski definition) is 2. The predicted molar refractivity (Wildman–Crippen MR) is 88.8 cm³/mol. The van der Waals surface area contributed by atoms with Gasteiger partial charge < -0.3 is 19.9 Å². The van der Waals surface area contributed by atoms with E-state index in [1.165, 1.54) is 0 Å². The zero-order valence-electron chi connectivity index (χ0n) is 13.2. The Morgan fingerprint density at radius 3 is 2.91 bits per heavy atom. The van der Waals surface area contributed by atoms with Gasteiger partial charge in [-0.2, -0.15) is 0 Å².